The zero-order chi connectivity index (χ0) is 22.4. The van der Waals surface area contributed by atoms with Crippen molar-refractivity contribution in [1.29, 1.82) is 5.26 Å². The van der Waals surface area contributed by atoms with Crippen LogP contribution in [0.4, 0.5) is 5.69 Å². The van der Waals surface area contributed by atoms with E-state index in [1.165, 1.54) is 30.2 Å². The number of carbonyl (C=O) groups excluding carboxylic acids is 3. The van der Waals surface area contributed by atoms with Gasteiger partial charge in [-0.1, -0.05) is 31.4 Å². The smallest absolute Gasteiger partial charge is 0.341 e. The van der Waals surface area contributed by atoms with Gasteiger partial charge in [0, 0.05) is 7.05 Å². The summed E-state index contributed by atoms with van der Waals surface area (Å²) in [6, 6.07) is 11.7. The van der Waals surface area contributed by atoms with Crippen molar-refractivity contribution in [3.05, 3.63) is 54.0 Å². The highest BCUT2D eigenvalue weighted by Crippen LogP contribution is 2.33. The minimum atomic E-state index is -1.08. The van der Waals surface area contributed by atoms with E-state index in [1.807, 2.05) is 0 Å². The van der Waals surface area contributed by atoms with Gasteiger partial charge in [-0.3, -0.25) is 9.59 Å². The number of anilines is 1. The molecule has 1 atom stereocenters. The molecule has 0 aliphatic heterocycles. The minimum absolute atomic E-state index is 0.0997. The van der Waals surface area contributed by atoms with E-state index in [0.717, 1.165) is 19.3 Å². The first kappa shape index (κ1) is 22.1. The SMILES string of the molecule is C[C@@H](OC(=O)c1ccccc1NC(=O)c1ccco1)C(=O)N(C)C1(C#N)CCCCC1. The Balaban J connectivity index is 1.70. The lowest BCUT2D eigenvalue weighted by atomic mass is 9.81. The van der Waals surface area contributed by atoms with Gasteiger partial charge in [-0.05, 0) is 44.0 Å². The van der Waals surface area contributed by atoms with E-state index in [-0.39, 0.29) is 17.0 Å². The first-order valence-electron chi connectivity index (χ1n) is 10.2. The monoisotopic (exact) mass is 423 g/mol. The molecule has 2 amide bonds. The molecule has 0 unspecified atom stereocenters. The molecule has 0 saturated heterocycles. The zero-order valence-corrected chi connectivity index (χ0v) is 17.6. The fourth-order valence-electron chi connectivity index (χ4n) is 3.78. The van der Waals surface area contributed by atoms with Gasteiger partial charge in [0.25, 0.3) is 11.8 Å². The number of carbonyl (C=O) groups is 3. The van der Waals surface area contributed by atoms with Crippen LogP contribution in [0, 0.1) is 11.3 Å². The lowest BCUT2D eigenvalue weighted by molar-refractivity contribution is -0.143. The number of likely N-dealkylation sites (N-methyl/N-ethyl adjacent to an activating group) is 1. The molecule has 162 valence electrons. The number of nitrogens with one attached hydrogen (secondary N) is 1. The van der Waals surface area contributed by atoms with Gasteiger partial charge in [0.15, 0.2) is 11.9 Å². The van der Waals surface area contributed by atoms with Gasteiger partial charge in [0.2, 0.25) is 0 Å². The van der Waals surface area contributed by atoms with Crippen LogP contribution in [0.2, 0.25) is 0 Å². The van der Waals surface area contributed by atoms with E-state index in [1.54, 1.807) is 31.3 Å². The van der Waals surface area contributed by atoms with Crippen molar-refractivity contribution in [1.82, 2.24) is 4.90 Å². The van der Waals surface area contributed by atoms with Gasteiger partial charge in [-0.15, -0.1) is 0 Å². The van der Waals surface area contributed by atoms with Gasteiger partial charge < -0.3 is 19.4 Å². The fourth-order valence-corrected chi connectivity index (χ4v) is 3.78. The highest BCUT2D eigenvalue weighted by atomic mass is 16.5. The lowest BCUT2D eigenvalue weighted by Crippen LogP contribution is -2.53. The molecule has 8 nitrogen and oxygen atoms in total. The number of nitriles is 1. The summed E-state index contributed by atoms with van der Waals surface area (Å²) in [6.07, 6.45) is 4.29. The average Bonchev–Trinajstić information content (AvgIpc) is 3.34. The molecule has 1 aromatic heterocycles. The van der Waals surface area contributed by atoms with Crippen molar-refractivity contribution < 1.29 is 23.5 Å². The van der Waals surface area contributed by atoms with Crippen LogP contribution >= 0.6 is 0 Å². The predicted octanol–water partition coefficient (Wildman–Crippen LogP) is 3.76. The number of benzene rings is 1. The maximum absolute atomic E-state index is 12.9. The van der Waals surface area contributed by atoms with Gasteiger partial charge in [-0.2, -0.15) is 5.26 Å². The Morgan fingerprint density at radius 2 is 1.87 bits per heavy atom. The number of furan rings is 1. The molecule has 1 heterocycles. The van der Waals surface area contributed by atoms with E-state index in [4.69, 9.17) is 9.15 Å². The summed E-state index contributed by atoms with van der Waals surface area (Å²) in [5, 5.41) is 12.3. The molecule has 2 aromatic rings. The topological polar surface area (TPSA) is 113 Å². The standard InChI is InChI=1S/C23H25N3O5/c1-16(21(28)26(2)23(15-24)12-6-3-7-13-23)31-22(29)17-9-4-5-10-18(17)25-20(27)19-11-8-14-30-19/h4-5,8-11,14,16H,3,6-7,12-13H2,1-2H3,(H,25,27)/t16-/m1/s1. The average molecular weight is 423 g/mol. The highest BCUT2D eigenvalue weighted by molar-refractivity contribution is 6.07. The van der Waals surface area contributed by atoms with Crippen LogP contribution in [-0.4, -0.2) is 41.4 Å². The number of amides is 2. The normalized spacial score (nSPS) is 15.9. The molecular formula is C23H25N3O5. The number of rotatable bonds is 6. The van der Waals surface area contributed by atoms with Crippen molar-refractivity contribution in [2.24, 2.45) is 0 Å². The molecule has 0 spiro atoms. The molecule has 1 N–H and O–H groups in total. The molecule has 1 aromatic carbocycles. The lowest BCUT2D eigenvalue weighted by Gasteiger charge is -2.39. The number of ether oxygens (including phenoxy) is 1. The maximum Gasteiger partial charge on any atom is 0.341 e. The van der Waals surface area contributed by atoms with E-state index >= 15 is 0 Å². The largest absolute Gasteiger partial charge is 0.459 e. The van der Waals surface area contributed by atoms with Crippen LogP contribution in [0.1, 0.15) is 59.9 Å². The Morgan fingerprint density at radius 1 is 1.16 bits per heavy atom. The van der Waals surface area contributed by atoms with Crippen LogP contribution < -0.4 is 5.32 Å². The molecular weight excluding hydrogens is 398 g/mol. The molecule has 3 rings (SSSR count). The minimum Gasteiger partial charge on any atom is -0.459 e. The third kappa shape index (κ3) is 4.77. The van der Waals surface area contributed by atoms with Crippen LogP contribution in [0.15, 0.2) is 47.1 Å². The summed E-state index contributed by atoms with van der Waals surface area (Å²) in [4.78, 5) is 39.3. The van der Waals surface area contributed by atoms with Gasteiger partial charge in [-0.25, -0.2) is 4.79 Å². The van der Waals surface area contributed by atoms with Gasteiger partial charge in [0.1, 0.15) is 5.54 Å². The second-order valence-electron chi connectivity index (χ2n) is 7.63. The number of para-hydroxylation sites is 1. The van der Waals surface area contributed by atoms with E-state index in [9.17, 15) is 19.6 Å². The number of hydrogen-bond acceptors (Lipinski definition) is 6. The predicted molar refractivity (Wildman–Crippen MR) is 112 cm³/mol. The van der Waals surface area contributed by atoms with E-state index in [2.05, 4.69) is 11.4 Å². The zero-order valence-electron chi connectivity index (χ0n) is 17.6. The number of nitrogens with zero attached hydrogens (tertiary/aromatic N) is 2. The molecule has 1 aliphatic carbocycles. The first-order valence-corrected chi connectivity index (χ1v) is 10.2. The van der Waals surface area contributed by atoms with Crippen molar-refractivity contribution in [2.75, 3.05) is 12.4 Å². The summed E-state index contributed by atoms with van der Waals surface area (Å²) in [5.74, 6) is -1.60. The molecule has 0 radical (unpaired) electrons. The van der Waals surface area contributed by atoms with Crippen molar-refractivity contribution in [2.45, 2.75) is 50.7 Å². The third-order valence-corrected chi connectivity index (χ3v) is 5.63. The van der Waals surface area contributed by atoms with Gasteiger partial charge >= 0.3 is 5.97 Å². The summed E-state index contributed by atoms with van der Waals surface area (Å²) < 4.78 is 10.5. The quantitative estimate of drug-likeness (QED) is 0.708. The highest BCUT2D eigenvalue weighted by Gasteiger charge is 2.40. The van der Waals surface area contributed by atoms with E-state index in [0.29, 0.717) is 12.8 Å². The molecule has 8 heteroatoms. The molecule has 0 bridgehead atoms. The van der Waals surface area contributed by atoms with Crippen LogP contribution in [0.5, 0.6) is 0 Å². The Bertz CT molecular complexity index is 987. The number of esters is 1. The Morgan fingerprint density at radius 3 is 2.52 bits per heavy atom. The second-order valence-corrected chi connectivity index (χ2v) is 7.63. The third-order valence-electron chi connectivity index (χ3n) is 5.63. The fraction of sp³-hybridized carbons (Fsp3) is 0.391. The Labute approximate surface area is 180 Å². The van der Waals surface area contributed by atoms with Crippen molar-refractivity contribution in [3.8, 4) is 6.07 Å². The molecule has 1 fully saturated rings. The van der Waals surface area contributed by atoms with Crippen LogP contribution in [0.3, 0.4) is 0 Å². The summed E-state index contributed by atoms with van der Waals surface area (Å²) in [7, 11) is 1.58. The van der Waals surface area contributed by atoms with E-state index < -0.39 is 29.4 Å². The second kappa shape index (κ2) is 9.47. The van der Waals surface area contributed by atoms with Crippen LogP contribution in [-0.2, 0) is 9.53 Å². The van der Waals surface area contributed by atoms with Gasteiger partial charge in [0.05, 0.1) is 23.6 Å². The summed E-state index contributed by atoms with van der Waals surface area (Å²) in [6.45, 7) is 1.48. The molecule has 1 aliphatic rings. The van der Waals surface area contributed by atoms with Crippen LogP contribution in [0.25, 0.3) is 0 Å². The molecule has 1 saturated carbocycles. The Kier molecular flexibility index (Phi) is 6.75. The maximum atomic E-state index is 12.9. The Hall–Kier alpha value is -3.60. The first-order chi connectivity index (χ1) is 14.9. The van der Waals surface area contributed by atoms with Crippen molar-refractivity contribution >= 4 is 23.5 Å². The molecule has 31 heavy (non-hydrogen) atoms. The summed E-state index contributed by atoms with van der Waals surface area (Å²) >= 11 is 0. The summed E-state index contributed by atoms with van der Waals surface area (Å²) in [5.41, 5.74) is -0.523. The van der Waals surface area contributed by atoms with Crippen molar-refractivity contribution in [3.63, 3.8) is 0 Å². The number of hydrogen-bond donors (Lipinski definition) is 1.